The lowest BCUT2D eigenvalue weighted by atomic mass is 10.1. The fourth-order valence-electron chi connectivity index (χ4n) is 3.34. The van der Waals surface area contributed by atoms with Crippen LogP contribution in [0.4, 0.5) is 11.5 Å². The van der Waals surface area contributed by atoms with Crippen LogP contribution in [0.5, 0.6) is 0 Å². The van der Waals surface area contributed by atoms with Crippen LogP contribution in [0.25, 0.3) is 11.0 Å². The predicted molar refractivity (Wildman–Crippen MR) is 110 cm³/mol. The molecule has 1 aliphatic heterocycles. The zero-order chi connectivity index (χ0) is 19.5. The predicted octanol–water partition coefficient (Wildman–Crippen LogP) is 3.17. The summed E-state index contributed by atoms with van der Waals surface area (Å²) in [6, 6.07) is 5.26. The van der Waals surface area contributed by atoms with Gasteiger partial charge in [-0.05, 0) is 31.0 Å². The number of carbonyl (C=O) groups is 1. The SMILES string of the molecule is O=C(CNc1cc(Cl)cc(Cl)c1)N1CCCC(Nc2ncnc3[nH]ncc23)C1. The first-order valence-electron chi connectivity index (χ1n) is 8.97. The normalized spacial score (nSPS) is 16.9. The van der Waals surface area contributed by atoms with Crippen molar-refractivity contribution >= 4 is 51.6 Å². The van der Waals surface area contributed by atoms with Gasteiger partial charge in [-0.15, -0.1) is 0 Å². The number of aromatic nitrogens is 4. The van der Waals surface area contributed by atoms with Crippen molar-refractivity contribution in [1.82, 2.24) is 25.1 Å². The zero-order valence-corrected chi connectivity index (χ0v) is 16.5. The van der Waals surface area contributed by atoms with Gasteiger partial charge in [0.05, 0.1) is 18.1 Å². The average Bonchev–Trinajstić information content (AvgIpc) is 3.15. The van der Waals surface area contributed by atoms with E-state index in [1.54, 1.807) is 24.4 Å². The number of carbonyl (C=O) groups excluding carboxylic acids is 1. The van der Waals surface area contributed by atoms with E-state index in [2.05, 4.69) is 30.8 Å². The summed E-state index contributed by atoms with van der Waals surface area (Å²) in [7, 11) is 0. The van der Waals surface area contributed by atoms with E-state index in [0.717, 1.165) is 36.3 Å². The highest BCUT2D eigenvalue weighted by Gasteiger charge is 2.24. The average molecular weight is 420 g/mol. The quantitative estimate of drug-likeness (QED) is 0.587. The van der Waals surface area contributed by atoms with Crippen LogP contribution < -0.4 is 10.6 Å². The Bertz CT molecular complexity index is 973. The van der Waals surface area contributed by atoms with Crippen LogP contribution in [0.1, 0.15) is 12.8 Å². The minimum absolute atomic E-state index is 0.0266. The molecule has 0 spiro atoms. The zero-order valence-electron chi connectivity index (χ0n) is 15.0. The molecule has 8 nitrogen and oxygen atoms in total. The molecule has 0 saturated carbocycles. The van der Waals surface area contributed by atoms with Gasteiger partial charge >= 0.3 is 0 Å². The molecule has 10 heteroatoms. The van der Waals surface area contributed by atoms with E-state index in [9.17, 15) is 4.79 Å². The van der Waals surface area contributed by atoms with Crippen molar-refractivity contribution in [3.05, 3.63) is 40.8 Å². The lowest BCUT2D eigenvalue weighted by molar-refractivity contribution is -0.130. The molecule has 2 aromatic heterocycles. The van der Waals surface area contributed by atoms with Crippen molar-refractivity contribution in [3.8, 4) is 0 Å². The molecular formula is C18H19Cl2N7O. The summed E-state index contributed by atoms with van der Waals surface area (Å²) < 4.78 is 0. The van der Waals surface area contributed by atoms with Gasteiger partial charge in [0.15, 0.2) is 5.65 Å². The molecule has 0 radical (unpaired) electrons. The van der Waals surface area contributed by atoms with Crippen molar-refractivity contribution in [1.29, 1.82) is 0 Å². The number of benzene rings is 1. The van der Waals surface area contributed by atoms with Gasteiger partial charge in [-0.1, -0.05) is 23.2 Å². The van der Waals surface area contributed by atoms with Crippen LogP contribution in [0.3, 0.4) is 0 Å². The molecular weight excluding hydrogens is 401 g/mol. The van der Waals surface area contributed by atoms with Crippen molar-refractivity contribution in [2.24, 2.45) is 0 Å². The minimum Gasteiger partial charge on any atom is -0.376 e. The molecule has 3 N–H and O–H groups in total. The van der Waals surface area contributed by atoms with E-state index >= 15 is 0 Å². The third kappa shape index (κ3) is 4.28. The van der Waals surface area contributed by atoms with E-state index in [1.165, 1.54) is 6.33 Å². The van der Waals surface area contributed by atoms with Crippen molar-refractivity contribution in [2.45, 2.75) is 18.9 Å². The van der Waals surface area contributed by atoms with Crippen LogP contribution in [-0.2, 0) is 4.79 Å². The highest BCUT2D eigenvalue weighted by Crippen LogP contribution is 2.23. The Balaban J connectivity index is 1.36. The van der Waals surface area contributed by atoms with Gasteiger partial charge in [-0.25, -0.2) is 9.97 Å². The maximum absolute atomic E-state index is 12.6. The topological polar surface area (TPSA) is 98.8 Å². The molecule has 1 aliphatic rings. The fraction of sp³-hybridized carbons (Fsp3) is 0.333. The Hall–Kier alpha value is -2.58. The Morgan fingerprint density at radius 2 is 2.07 bits per heavy atom. The maximum atomic E-state index is 12.6. The van der Waals surface area contributed by atoms with E-state index in [4.69, 9.17) is 23.2 Å². The number of nitrogens with zero attached hydrogens (tertiary/aromatic N) is 4. The first-order valence-corrected chi connectivity index (χ1v) is 9.72. The lowest BCUT2D eigenvalue weighted by Gasteiger charge is -2.33. The number of halogens is 2. The molecule has 1 aromatic carbocycles. The Morgan fingerprint density at radius 1 is 1.25 bits per heavy atom. The third-order valence-corrected chi connectivity index (χ3v) is 5.11. The van der Waals surface area contributed by atoms with Gasteiger partial charge in [-0.2, -0.15) is 5.10 Å². The van der Waals surface area contributed by atoms with Crippen LogP contribution in [-0.4, -0.2) is 56.6 Å². The number of fused-ring (bicyclic) bond motifs is 1. The molecule has 1 unspecified atom stereocenters. The van der Waals surface area contributed by atoms with Gasteiger partial charge < -0.3 is 15.5 Å². The van der Waals surface area contributed by atoms with Gasteiger partial charge in [0.25, 0.3) is 0 Å². The number of hydrogen-bond donors (Lipinski definition) is 3. The second-order valence-corrected chi connectivity index (χ2v) is 7.56. The summed E-state index contributed by atoms with van der Waals surface area (Å²) in [4.78, 5) is 23.0. The second kappa shape index (κ2) is 8.20. The second-order valence-electron chi connectivity index (χ2n) is 6.69. The molecule has 28 heavy (non-hydrogen) atoms. The molecule has 146 valence electrons. The summed E-state index contributed by atoms with van der Waals surface area (Å²) >= 11 is 12.0. The molecule has 1 amide bonds. The number of aromatic amines is 1. The molecule has 0 bridgehead atoms. The standard InChI is InChI=1S/C18H19Cl2N7O/c19-11-4-12(20)6-14(5-11)21-8-16(28)27-3-1-2-13(9-27)25-17-15-7-24-26-18(15)23-10-22-17/h4-7,10,13,21H,1-3,8-9H2,(H2,22,23,24,25,26). The van der Waals surface area contributed by atoms with Gasteiger partial charge in [0.2, 0.25) is 5.91 Å². The fourth-order valence-corrected chi connectivity index (χ4v) is 3.87. The van der Waals surface area contributed by atoms with Crippen molar-refractivity contribution in [3.63, 3.8) is 0 Å². The number of anilines is 2. The number of rotatable bonds is 5. The summed E-state index contributed by atoms with van der Waals surface area (Å²) in [5.41, 5.74) is 1.41. The molecule has 3 heterocycles. The first-order chi connectivity index (χ1) is 13.6. The van der Waals surface area contributed by atoms with Crippen LogP contribution in [0, 0.1) is 0 Å². The van der Waals surface area contributed by atoms with E-state index < -0.39 is 0 Å². The number of likely N-dealkylation sites (tertiary alicyclic amines) is 1. The van der Waals surface area contributed by atoms with E-state index in [-0.39, 0.29) is 18.5 Å². The van der Waals surface area contributed by atoms with Crippen molar-refractivity contribution < 1.29 is 4.79 Å². The van der Waals surface area contributed by atoms with Crippen LogP contribution in [0.2, 0.25) is 10.0 Å². The number of H-pyrrole nitrogens is 1. The number of piperidine rings is 1. The minimum atomic E-state index is 0.0266. The first kappa shape index (κ1) is 18.8. The maximum Gasteiger partial charge on any atom is 0.241 e. The third-order valence-electron chi connectivity index (χ3n) is 4.67. The van der Waals surface area contributed by atoms with E-state index in [1.807, 2.05) is 4.90 Å². The lowest BCUT2D eigenvalue weighted by Crippen LogP contribution is -2.47. The molecule has 4 rings (SSSR count). The van der Waals surface area contributed by atoms with Crippen LogP contribution >= 0.6 is 23.2 Å². The summed E-state index contributed by atoms with van der Waals surface area (Å²) in [5, 5.41) is 15.2. The monoisotopic (exact) mass is 419 g/mol. The summed E-state index contributed by atoms with van der Waals surface area (Å²) in [6.07, 6.45) is 5.08. The smallest absolute Gasteiger partial charge is 0.241 e. The molecule has 1 atom stereocenters. The van der Waals surface area contributed by atoms with Crippen LogP contribution in [0.15, 0.2) is 30.7 Å². The number of nitrogens with one attached hydrogen (secondary N) is 3. The summed E-state index contributed by atoms with van der Waals surface area (Å²) in [6.45, 7) is 1.53. The Kier molecular flexibility index (Phi) is 5.50. The largest absolute Gasteiger partial charge is 0.376 e. The molecule has 3 aromatic rings. The van der Waals surface area contributed by atoms with Gasteiger partial charge in [-0.3, -0.25) is 9.89 Å². The highest BCUT2D eigenvalue weighted by atomic mass is 35.5. The van der Waals surface area contributed by atoms with Gasteiger partial charge in [0, 0.05) is 34.9 Å². The Labute approximate surface area is 171 Å². The highest BCUT2D eigenvalue weighted by molar-refractivity contribution is 6.35. The van der Waals surface area contributed by atoms with E-state index in [0.29, 0.717) is 22.2 Å². The van der Waals surface area contributed by atoms with Crippen molar-refractivity contribution in [2.75, 3.05) is 30.3 Å². The molecule has 0 aliphatic carbocycles. The molecule has 1 fully saturated rings. The summed E-state index contributed by atoms with van der Waals surface area (Å²) in [5.74, 6) is 0.753. The van der Waals surface area contributed by atoms with Gasteiger partial charge in [0.1, 0.15) is 12.1 Å². The molecule has 1 saturated heterocycles. The Morgan fingerprint density at radius 3 is 2.89 bits per heavy atom. The number of hydrogen-bond acceptors (Lipinski definition) is 6. The number of amides is 1.